The van der Waals surface area contributed by atoms with Gasteiger partial charge in [0.25, 0.3) is 0 Å². The van der Waals surface area contributed by atoms with E-state index in [-0.39, 0.29) is 137 Å². The molecule has 0 fully saturated rings. The minimum Gasteiger partial charge on any atom is 0 e. The summed E-state index contributed by atoms with van der Waals surface area (Å²) in [7, 11) is 0. The van der Waals surface area contributed by atoms with Crippen molar-refractivity contribution in [2.45, 2.75) is 0 Å². The molecule has 0 aliphatic heterocycles. The predicted molar refractivity (Wildman–Crippen MR) is 46.1 cm³/mol. The molecule has 9 heavy (non-hydrogen) atoms. The van der Waals surface area contributed by atoms with E-state index in [0.717, 1.165) is 0 Å². The first-order valence-electron chi connectivity index (χ1n) is 0. The van der Waals surface area contributed by atoms with Gasteiger partial charge in [0.15, 0.2) is 0 Å². The van der Waals surface area contributed by atoms with Gasteiger partial charge in [0.1, 0.15) is 0 Å². The Bertz CT molecular complexity index is 20.5. The van der Waals surface area contributed by atoms with Crippen LogP contribution in [0.15, 0.2) is 0 Å². The van der Waals surface area contributed by atoms with Crippen molar-refractivity contribution in [3.8, 4) is 0 Å². The van der Waals surface area contributed by atoms with Crippen molar-refractivity contribution < 1.29 is 57.0 Å². The molecule has 0 heterocycles. The van der Waals surface area contributed by atoms with Crippen molar-refractivity contribution in [1.29, 1.82) is 0 Å². The molecule has 1 radical (unpaired) electrons. The molecule has 0 amide bonds. The van der Waals surface area contributed by atoms with E-state index in [4.69, 9.17) is 0 Å². The molecule has 0 spiro atoms. The SMILES string of the molecule is F.F.F.F.I.O.[BiH3].[NaH].[Y]. The molecule has 0 bridgehead atoms. The van der Waals surface area contributed by atoms with Gasteiger partial charge in [-0.25, -0.2) is 0 Å². The van der Waals surface area contributed by atoms with E-state index in [1.165, 1.54) is 0 Å². The number of halogens is 5. The van der Waals surface area contributed by atoms with Crippen LogP contribution in [0.4, 0.5) is 18.8 Å². The molecule has 0 rings (SSSR count). The maximum Gasteiger partial charge on any atom is 0 e. The summed E-state index contributed by atoms with van der Waals surface area (Å²) >= 11 is 0. The maximum atomic E-state index is 0. The van der Waals surface area contributed by atoms with E-state index in [1.54, 1.807) is 0 Å². The number of hydrogen-bond acceptors (Lipinski definition) is 0. The summed E-state index contributed by atoms with van der Waals surface area (Å²) in [5.74, 6) is 0. The van der Waals surface area contributed by atoms with E-state index in [2.05, 4.69) is 0 Å². The van der Waals surface area contributed by atoms with Crippen LogP contribution in [0.5, 0.6) is 0 Å². The second-order valence-electron chi connectivity index (χ2n) is 0. The first-order valence-corrected chi connectivity index (χ1v) is 0. The number of hydrogen-bond donors (Lipinski definition) is 0. The van der Waals surface area contributed by atoms with Gasteiger partial charge in [0.2, 0.25) is 0 Å². The Kier molecular flexibility index (Phi) is 1660. The molecule has 61 valence electrons. The molecule has 9 heteroatoms. The largest absolute Gasteiger partial charge is 0 e. The van der Waals surface area contributed by atoms with Gasteiger partial charge in [-0.3, -0.25) is 18.8 Å². The first kappa shape index (κ1) is 140. The van der Waals surface area contributed by atoms with E-state index in [9.17, 15) is 0 Å². The molecule has 0 atom stereocenters. The van der Waals surface area contributed by atoms with Crippen LogP contribution in [0, 0.1) is 0 Å². The van der Waals surface area contributed by atoms with Gasteiger partial charge in [0, 0.05) is 32.7 Å². The zero-order valence-corrected chi connectivity index (χ0v) is 14.5. The molecule has 1 nitrogen and oxygen atoms in total. The summed E-state index contributed by atoms with van der Waals surface area (Å²) in [5, 5.41) is 0. The van der Waals surface area contributed by atoms with Gasteiger partial charge in [-0.2, -0.15) is 0 Å². The van der Waals surface area contributed by atoms with E-state index < -0.39 is 0 Å². The Morgan fingerprint density at radius 1 is 0.667 bits per heavy atom. The summed E-state index contributed by atoms with van der Waals surface area (Å²) in [6.07, 6.45) is 0. The third-order valence-electron chi connectivity index (χ3n) is 0. The van der Waals surface area contributed by atoms with E-state index in [1.807, 2.05) is 0 Å². The standard InChI is InChI=1S/Bi.4FH.HI.Na.H2O.Y.4H/h;5*1H;;1H2;;;;;. The third-order valence-corrected chi connectivity index (χ3v) is 0. The Morgan fingerprint density at radius 2 is 0.667 bits per heavy atom. The fourth-order valence-corrected chi connectivity index (χ4v) is 0. The summed E-state index contributed by atoms with van der Waals surface area (Å²) < 4.78 is 0. The van der Waals surface area contributed by atoms with Crippen LogP contribution in [-0.2, 0) is 32.7 Å². The second-order valence-corrected chi connectivity index (χ2v) is 0. The molecular formula is H11BiF4INaOY. The number of rotatable bonds is 0. The van der Waals surface area contributed by atoms with Crippen molar-refractivity contribution in [2.75, 3.05) is 0 Å². The molecule has 0 aliphatic carbocycles. The van der Waals surface area contributed by atoms with Crippen molar-refractivity contribution in [3.63, 3.8) is 0 Å². The Balaban J connectivity index is 0. The Morgan fingerprint density at radius 3 is 0.667 bits per heavy atom. The van der Waals surface area contributed by atoms with Gasteiger partial charge in [-0.05, 0) is 0 Å². The van der Waals surface area contributed by atoms with Gasteiger partial charge < -0.3 is 5.48 Å². The topological polar surface area (TPSA) is 31.5 Å². The van der Waals surface area contributed by atoms with Crippen LogP contribution >= 0.6 is 24.0 Å². The smallest absolute Gasteiger partial charge is 0 e. The zero-order valence-electron chi connectivity index (χ0n) is 3.83. The average molecular weight is 551 g/mol. The van der Waals surface area contributed by atoms with Crippen molar-refractivity contribution in [3.05, 3.63) is 0 Å². The monoisotopic (exact) mass is 551 g/mol. The molecule has 0 aromatic heterocycles. The quantitative estimate of drug-likeness (QED) is 0.201. The Labute approximate surface area is 134 Å². The van der Waals surface area contributed by atoms with Crippen molar-refractivity contribution in [2.24, 2.45) is 0 Å². The molecule has 0 unspecified atom stereocenters. The molecule has 0 saturated carbocycles. The van der Waals surface area contributed by atoms with Crippen LogP contribution < -0.4 is 0 Å². The Hall–Kier alpha value is 3.40. The second kappa shape index (κ2) is 107. The molecular weight excluding hydrogens is 540 g/mol. The minimum absolute atomic E-state index is 0. The summed E-state index contributed by atoms with van der Waals surface area (Å²) in [6.45, 7) is 0. The zero-order chi connectivity index (χ0) is 0. The first-order chi connectivity index (χ1) is 0. The fourth-order valence-electron chi connectivity index (χ4n) is 0. The summed E-state index contributed by atoms with van der Waals surface area (Å²) in [6, 6.07) is 0. The average Bonchev–Trinajstić information content (AvgIpc) is 0. The fraction of sp³-hybridized carbons (Fsp3) is 0. The molecule has 2 N–H and O–H groups in total. The van der Waals surface area contributed by atoms with E-state index in [0.29, 0.717) is 0 Å². The summed E-state index contributed by atoms with van der Waals surface area (Å²) in [5.41, 5.74) is 0. The third kappa shape index (κ3) is 87.2. The molecule has 0 aliphatic rings. The van der Waals surface area contributed by atoms with Crippen molar-refractivity contribution in [1.82, 2.24) is 0 Å². The maximum absolute atomic E-state index is 0. The van der Waals surface area contributed by atoms with Crippen LogP contribution in [0.2, 0.25) is 0 Å². The van der Waals surface area contributed by atoms with Gasteiger partial charge >= 0.3 is 55.8 Å². The molecule has 0 saturated heterocycles. The van der Waals surface area contributed by atoms with E-state index >= 15 is 0 Å². The van der Waals surface area contributed by atoms with Gasteiger partial charge in [0.05, 0.1) is 0 Å². The van der Waals surface area contributed by atoms with Crippen LogP contribution in [-0.4, -0.2) is 61.2 Å². The van der Waals surface area contributed by atoms with Crippen molar-refractivity contribution >= 4 is 79.7 Å². The van der Waals surface area contributed by atoms with Crippen LogP contribution in [0.3, 0.4) is 0 Å². The predicted octanol–water partition coefficient (Wildman–Crippen LogP) is -1.43. The molecule has 0 aromatic carbocycles. The minimum atomic E-state index is 0. The van der Waals surface area contributed by atoms with Crippen LogP contribution in [0.1, 0.15) is 0 Å². The molecule has 0 aromatic rings. The van der Waals surface area contributed by atoms with Gasteiger partial charge in [-0.1, -0.05) is 0 Å². The summed E-state index contributed by atoms with van der Waals surface area (Å²) in [4.78, 5) is 0. The van der Waals surface area contributed by atoms with Crippen LogP contribution in [0.25, 0.3) is 0 Å². The van der Waals surface area contributed by atoms with Gasteiger partial charge in [-0.15, -0.1) is 24.0 Å². The normalized spacial score (nSPS) is 0.